The number of primary amides is 1. The Bertz CT molecular complexity index is 656. The fraction of sp³-hybridized carbons (Fsp3) is 0.951. The van der Waals surface area contributed by atoms with Crippen molar-refractivity contribution < 1.29 is 14.7 Å². The highest BCUT2D eigenvalue weighted by molar-refractivity contribution is 5.79. The van der Waals surface area contributed by atoms with Crippen LogP contribution in [0.1, 0.15) is 232 Å². The Kier molecular flexibility index (Phi) is 34.4. The van der Waals surface area contributed by atoms with E-state index in [2.05, 4.69) is 13.8 Å². The van der Waals surface area contributed by atoms with Crippen molar-refractivity contribution in [3.63, 3.8) is 0 Å². The fourth-order valence-electron chi connectivity index (χ4n) is 7.22. The first-order chi connectivity index (χ1) is 22.5. The van der Waals surface area contributed by atoms with Crippen LogP contribution in [-0.2, 0) is 9.59 Å². The summed E-state index contributed by atoms with van der Waals surface area (Å²) in [5.74, 6) is -2.19. The zero-order valence-corrected chi connectivity index (χ0v) is 31.2. The number of carboxylic acids is 1. The number of carbonyl (C=O) groups is 2. The van der Waals surface area contributed by atoms with Crippen molar-refractivity contribution in [2.75, 3.05) is 0 Å². The van der Waals surface area contributed by atoms with Crippen molar-refractivity contribution in [3.05, 3.63) is 0 Å². The van der Waals surface area contributed by atoms with E-state index in [-0.39, 0.29) is 11.8 Å². The highest BCUT2D eigenvalue weighted by Gasteiger charge is 2.34. The summed E-state index contributed by atoms with van der Waals surface area (Å²) in [7, 11) is 0. The third-order valence-corrected chi connectivity index (χ3v) is 10.4. The normalized spacial score (nSPS) is 13.5. The number of rotatable bonds is 38. The Balaban J connectivity index is 3.97. The molecule has 0 aliphatic carbocycles. The van der Waals surface area contributed by atoms with E-state index in [1.165, 1.54) is 180 Å². The Morgan fingerprint density at radius 1 is 0.435 bits per heavy atom. The summed E-state index contributed by atoms with van der Waals surface area (Å²) in [6, 6.07) is -1.02. The zero-order valence-electron chi connectivity index (χ0n) is 31.2. The van der Waals surface area contributed by atoms with Gasteiger partial charge in [0.05, 0.1) is 0 Å². The standard InChI is InChI=1S/C41H82N2O3/c1-3-5-7-9-11-13-15-17-19-21-23-25-27-29-31-33-35-37(39(42)41(45)46)38(40(43)44)36-34-32-30-28-26-24-22-20-18-16-14-12-10-8-6-4-2/h37-39H,3-36,42H2,1-2H3,(H2,43,44)(H,45,46). The summed E-state index contributed by atoms with van der Waals surface area (Å²) >= 11 is 0. The number of aliphatic carboxylic acids is 1. The van der Waals surface area contributed by atoms with Crippen molar-refractivity contribution >= 4 is 11.9 Å². The molecular weight excluding hydrogens is 568 g/mol. The van der Waals surface area contributed by atoms with E-state index in [0.29, 0.717) is 12.8 Å². The van der Waals surface area contributed by atoms with E-state index in [1.807, 2.05) is 0 Å². The Hall–Kier alpha value is -1.10. The van der Waals surface area contributed by atoms with Crippen LogP contribution >= 0.6 is 0 Å². The molecule has 0 saturated heterocycles. The Labute approximate surface area is 287 Å². The molecule has 274 valence electrons. The second-order valence-electron chi connectivity index (χ2n) is 14.7. The highest BCUT2D eigenvalue weighted by Crippen LogP contribution is 2.28. The van der Waals surface area contributed by atoms with Gasteiger partial charge in [0.15, 0.2) is 0 Å². The largest absolute Gasteiger partial charge is 0.480 e. The molecule has 0 fully saturated rings. The topological polar surface area (TPSA) is 106 Å². The third kappa shape index (κ3) is 29.1. The summed E-state index contributed by atoms with van der Waals surface area (Å²) in [6.45, 7) is 4.55. The molecule has 0 saturated carbocycles. The van der Waals surface area contributed by atoms with Gasteiger partial charge in [-0.25, -0.2) is 0 Å². The Morgan fingerprint density at radius 2 is 0.674 bits per heavy atom. The van der Waals surface area contributed by atoms with Crippen molar-refractivity contribution in [3.8, 4) is 0 Å². The van der Waals surface area contributed by atoms with Gasteiger partial charge in [0.1, 0.15) is 6.04 Å². The van der Waals surface area contributed by atoms with Gasteiger partial charge in [-0.05, 0) is 18.8 Å². The molecule has 5 nitrogen and oxygen atoms in total. The third-order valence-electron chi connectivity index (χ3n) is 10.4. The summed E-state index contributed by atoms with van der Waals surface area (Å²) in [5, 5.41) is 9.65. The number of hydrogen-bond donors (Lipinski definition) is 3. The number of carboxylic acid groups (broad SMARTS) is 1. The van der Waals surface area contributed by atoms with Crippen LogP contribution in [0.3, 0.4) is 0 Å². The lowest BCUT2D eigenvalue weighted by molar-refractivity contribution is -0.141. The first-order valence-electron chi connectivity index (χ1n) is 20.7. The van der Waals surface area contributed by atoms with Crippen LogP contribution in [0.5, 0.6) is 0 Å². The molecule has 0 rings (SSSR count). The molecule has 5 heteroatoms. The second kappa shape index (κ2) is 35.2. The van der Waals surface area contributed by atoms with Gasteiger partial charge in [-0.2, -0.15) is 0 Å². The van der Waals surface area contributed by atoms with Crippen LogP contribution in [0.2, 0.25) is 0 Å². The molecule has 0 aromatic carbocycles. The summed E-state index contributed by atoms with van der Waals surface area (Å²) in [4.78, 5) is 24.2. The van der Waals surface area contributed by atoms with E-state index in [9.17, 15) is 14.7 Å². The van der Waals surface area contributed by atoms with Crippen LogP contribution in [-0.4, -0.2) is 23.0 Å². The van der Waals surface area contributed by atoms with Crippen LogP contribution < -0.4 is 11.5 Å². The number of hydrogen-bond acceptors (Lipinski definition) is 3. The van der Waals surface area contributed by atoms with E-state index in [4.69, 9.17) is 11.5 Å². The summed E-state index contributed by atoms with van der Waals surface area (Å²) in [6.07, 6.45) is 43.2. The van der Waals surface area contributed by atoms with Crippen molar-refractivity contribution in [2.24, 2.45) is 23.3 Å². The smallest absolute Gasteiger partial charge is 0.320 e. The maximum Gasteiger partial charge on any atom is 0.320 e. The molecule has 0 heterocycles. The highest BCUT2D eigenvalue weighted by atomic mass is 16.4. The van der Waals surface area contributed by atoms with E-state index < -0.39 is 17.9 Å². The molecule has 0 aromatic heterocycles. The molecule has 0 aliphatic heterocycles. The van der Waals surface area contributed by atoms with Gasteiger partial charge in [0, 0.05) is 5.92 Å². The lowest BCUT2D eigenvalue weighted by atomic mass is 9.79. The molecule has 46 heavy (non-hydrogen) atoms. The minimum Gasteiger partial charge on any atom is -0.480 e. The second-order valence-corrected chi connectivity index (χ2v) is 14.7. The number of nitrogens with two attached hydrogens (primary N) is 2. The quantitative estimate of drug-likeness (QED) is 0.0578. The van der Waals surface area contributed by atoms with Gasteiger partial charge in [-0.15, -0.1) is 0 Å². The molecule has 0 radical (unpaired) electrons. The average Bonchev–Trinajstić information content (AvgIpc) is 3.04. The number of carbonyl (C=O) groups excluding carboxylic acids is 1. The molecule has 1 amide bonds. The SMILES string of the molecule is CCCCCCCCCCCCCCCCCCC(C(N)=O)C(CCCCCCCCCCCCCCCCCC)C(N)C(=O)O. The maximum atomic E-state index is 12.4. The van der Waals surface area contributed by atoms with Crippen LogP contribution in [0.15, 0.2) is 0 Å². The van der Waals surface area contributed by atoms with Crippen LogP contribution in [0.25, 0.3) is 0 Å². The van der Waals surface area contributed by atoms with E-state index >= 15 is 0 Å². The number of amides is 1. The summed E-state index contributed by atoms with van der Waals surface area (Å²) < 4.78 is 0. The maximum absolute atomic E-state index is 12.4. The molecule has 5 N–H and O–H groups in total. The van der Waals surface area contributed by atoms with Gasteiger partial charge in [-0.3, -0.25) is 9.59 Å². The summed E-state index contributed by atoms with van der Waals surface area (Å²) in [5.41, 5.74) is 11.9. The Morgan fingerprint density at radius 3 is 0.913 bits per heavy atom. The molecule has 0 spiro atoms. The molecule has 0 aliphatic rings. The fourth-order valence-corrected chi connectivity index (χ4v) is 7.22. The minimum absolute atomic E-state index is 0.363. The molecule has 0 bridgehead atoms. The lowest BCUT2D eigenvalue weighted by Crippen LogP contribution is -2.45. The average molecular weight is 651 g/mol. The molecule has 3 unspecified atom stereocenters. The predicted octanol–water partition coefficient (Wildman–Crippen LogP) is 12.4. The zero-order chi connectivity index (χ0) is 33.9. The predicted molar refractivity (Wildman–Crippen MR) is 200 cm³/mol. The first kappa shape index (κ1) is 44.9. The van der Waals surface area contributed by atoms with E-state index in [1.54, 1.807) is 0 Å². The van der Waals surface area contributed by atoms with Crippen LogP contribution in [0, 0.1) is 11.8 Å². The van der Waals surface area contributed by atoms with Crippen molar-refractivity contribution in [1.82, 2.24) is 0 Å². The van der Waals surface area contributed by atoms with E-state index in [0.717, 1.165) is 25.7 Å². The molecule has 3 atom stereocenters. The van der Waals surface area contributed by atoms with Crippen LogP contribution in [0.4, 0.5) is 0 Å². The molecule has 0 aromatic rings. The van der Waals surface area contributed by atoms with Gasteiger partial charge in [0.25, 0.3) is 0 Å². The van der Waals surface area contributed by atoms with Crippen molar-refractivity contribution in [2.45, 2.75) is 238 Å². The van der Waals surface area contributed by atoms with Gasteiger partial charge in [0.2, 0.25) is 5.91 Å². The number of unbranched alkanes of at least 4 members (excludes halogenated alkanes) is 30. The lowest BCUT2D eigenvalue weighted by Gasteiger charge is -2.28. The first-order valence-corrected chi connectivity index (χ1v) is 20.7. The van der Waals surface area contributed by atoms with Gasteiger partial charge < -0.3 is 16.6 Å². The van der Waals surface area contributed by atoms with Crippen molar-refractivity contribution in [1.29, 1.82) is 0 Å². The monoisotopic (exact) mass is 651 g/mol. The minimum atomic E-state index is -1.02. The van der Waals surface area contributed by atoms with Gasteiger partial charge in [-0.1, -0.05) is 219 Å². The van der Waals surface area contributed by atoms with Gasteiger partial charge >= 0.3 is 5.97 Å². The molecular formula is C41H82N2O3.